The maximum atomic E-state index is 11.0. The van der Waals surface area contributed by atoms with E-state index in [-0.39, 0.29) is 11.7 Å². The van der Waals surface area contributed by atoms with Crippen LogP contribution in [0.3, 0.4) is 0 Å². The number of aromatic nitrogens is 2. The molecule has 1 aliphatic rings. The first-order valence-electron chi connectivity index (χ1n) is 5.55. The molecule has 0 radical (unpaired) electrons. The molecule has 1 aromatic rings. The second-order valence-electron chi connectivity index (χ2n) is 3.89. The number of carbonyl (C=O) groups is 1. The number of aryl methyl sites for hydroxylation is 1. The third-order valence-electron chi connectivity index (χ3n) is 2.74. The lowest BCUT2D eigenvalue weighted by Gasteiger charge is -2.16. The van der Waals surface area contributed by atoms with Crippen molar-refractivity contribution in [2.75, 3.05) is 18.6 Å². The number of anilines is 1. The summed E-state index contributed by atoms with van der Waals surface area (Å²) in [4.78, 5) is 19.7. The van der Waals surface area contributed by atoms with Crippen molar-refractivity contribution in [1.82, 2.24) is 9.97 Å². The highest BCUT2D eigenvalue weighted by atomic mass is 32.2. The first-order chi connectivity index (χ1) is 8.20. The van der Waals surface area contributed by atoms with E-state index in [1.54, 1.807) is 0 Å². The topological polar surface area (TPSA) is 78.1 Å². The van der Waals surface area contributed by atoms with E-state index in [9.17, 15) is 4.79 Å². The Morgan fingerprint density at radius 2 is 2.18 bits per heavy atom. The van der Waals surface area contributed by atoms with Gasteiger partial charge in [0.2, 0.25) is 0 Å². The number of thioether (sulfide) groups is 1. The second kappa shape index (κ2) is 5.35. The Balaban J connectivity index is 2.13. The van der Waals surface area contributed by atoms with E-state index in [0.29, 0.717) is 11.0 Å². The van der Waals surface area contributed by atoms with Crippen LogP contribution in [0.1, 0.15) is 24.1 Å². The lowest BCUT2D eigenvalue weighted by Crippen LogP contribution is -2.12. The lowest BCUT2D eigenvalue weighted by molar-refractivity contribution is -0.137. The summed E-state index contributed by atoms with van der Waals surface area (Å²) in [5, 5.41) is 0.563. The molecule has 0 saturated heterocycles. The molecule has 0 saturated carbocycles. The van der Waals surface area contributed by atoms with Crippen LogP contribution in [0.15, 0.2) is 5.16 Å². The molecular formula is C11H15N3O2S. The molecule has 0 unspecified atom stereocenters. The molecule has 0 amide bonds. The smallest absolute Gasteiger partial charge is 0.316 e. The quantitative estimate of drug-likeness (QED) is 0.495. The molecule has 6 heteroatoms. The summed E-state index contributed by atoms with van der Waals surface area (Å²) >= 11 is 1.26. The van der Waals surface area contributed by atoms with Crippen LogP contribution in [-0.2, 0) is 22.4 Å². The molecule has 17 heavy (non-hydrogen) atoms. The van der Waals surface area contributed by atoms with Gasteiger partial charge in [-0.2, -0.15) is 0 Å². The monoisotopic (exact) mass is 253 g/mol. The van der Waals surface area contributed by atoms with Gasteiger partial charge in [-0.15, -0.1) is 0 Å². The molecule has 0 bridgehead atoms. The van der Waals surface area contributed by atoms with Crippen molar-refractivity contribution >= 4 is 23.5 Å². The van der Waals surface area contributed by atoms with Crippen molar-refractivity contribution in [3.8, 4) is 0 Å². The number of esters is 1. The van der Waals surface area contributed by atoms with E-state index in [2.05, 4.69) is 14.7 Å². The molecule has 5 nitrogen and oxygen atoms in total. The molecule has 0 spiro atoms. The number of nitrogen functional groups attached to an aromatic ring is 1. The second-order valence-corrected chi connectivity index (χ2v) is 4.83. The summed E-state index contributed by atoms with van der Waals surface area (Å²) in [5.74, 6) is 0.492. The van der Waals surface area contributed by atoms with Gasteiger partial charge in [0.15, 0.2) is 5.16 Å². The van der Waals surface area contributed by atoms with Crippen molar-refractivity contribution in [2.24, 2.45) is 0 Å². The van der Waals surface area contributed by atoms with Crippen molar-refractivity contribution in [3.63, 3.8) is 0 Å². The highest BCUT2D eigenvalue weighted by Crippen LogP contribution is 2.26. The predicted octanol–water partition coefficient (Wildman–Crippen LogP) is 1.20. The largest absolute Gasteiger partial charge is 0.468 e. The van der Waals surface area contributed by atoms with Gasteiger partial charge in [-0.25, -0.2) is 9.97 Å². The number of nitrogens with zero attached hydrogens (tertiary/aromatic N) is 2. The number of rotatable bonds is 3. The molecule has 1 aliphatic carbocycles. The van der Waals surface area contributed by atoms with Gasteiger partial charge < -0.3 is 10.5 Å². The van der Waals surface area contributed by atoms with Gasteiger partial charge in [-0.05, 0) is 25.7 Å². The molecule has 0 fully saturated rings. The Morgan fingerprint density at radius 1 is 1.41 bits per heavy atom. The van der Waals surface area contributed by atoms with Gasteiger partial charge in [0.1, 0.15) is 5.82 Å². The molecule has 0 aromatic carbocycles. The van der Waals surface area contributed by atoms with Crippen LogP contribution in [0.5, 0.6) is 0 Å². The minimum absolute atomic E-state index is 0.217. The molecule has 1 aromatic heterocycles. The summed E-state index contributed by atoms with van der Waals surface area (Å²) in [5.41, 5.74) is 8.02. The zero-order chi connectivity index (χ0) is 12.3. The summed E-state index contributed by atoms with van der Waals surface area (Å²) in [6.07, 6.45) is 4.21. The Hall–Kier alpha value is -1.30. The molecule has 2 rings (SSSR count). The van der Waals surface area contributed by atoms with E-state index in [4.69, 9.17) is 5.73 Å². The summed E-state index contributed by atoms with van der Waals surface area (Å²) < 4.78 is 4.57. The number of ether oxygens (including phenoxy) is 1. The van der Waals surface area contributed by atoms with Crippen LogP contribution in [0.4, 0.5) is 5.82 Å². The van der Waals surface area contributed by atoms with E-state index >= 15 is 0 Å². The van der Waals surface area contributed by atoms with Gasteiger partial charge >= 0.3 is 5.97 Å². The third kappa shape index (κ3) is 2.88. The Morgan fingerprint density at radius 3 is 2.94 bits per heavy atom. The maximum Gasteiger partial charge on any atom is 0.316 e. The highest BCUT2D eigenvalue weighted by Gasteiger charge is 2.16. The van der Waals surface area contributed by atoms with Crippen LogP contribution in [0, 0.1) is 0 Å². The van der Waals surface area contributed by atoms with Gasteiger partial charge in [0.25, 0.3) is 0 Å². The number of nitrogens with two attached hydrogens (primary N) is 1. The highest BCUT2D eigenvalue weighted by molar-refractivity contribution is 7.99. The van der Waals surface area contributed by atoms with Crippen molar-refractivity contribution in [3.05, 3.63) is 11.3 Å². The fourth-order valence-corrected chi connectivity index (χ4v) is 2.55. The van der Waals surface area contributed by atoms with Crippen LogP contribution in [0.2, 0.25) is 0 Å². The van der Waals surface area contributed by atoms with Gasteiger partial charge in [-0.3, -0.25) is 4.79 Å². The Bertz CT molecular complexity index is 437. The maximum absolute atomic E-state index is 11.0. The van der Waals surface area contributed by atoms with Crippen LogP contribution < -0.4 is 5.73 Å². The van der Waals surface area contributed by atoms with E-state index in [1.165, 1.54) is 18.9 Å². The predicted molar refractivity (Wildman–Crippen MR) is 65.8 cm³/mol. The van der Waals surface area contributed by atoms with Crippen LogP contribution in [0.25, 0.3) is 0 Å². The van der Waals surface area contributed by atoms with Crippen molar-refractivity contribution in [1.29, 1.82) is 0 Å². The number of carbonyl (C=O) groups excluding carboxylic acids is 1. The molecule has 1 heterocycles. The first-order valence-corrected chi connectivity index (χ1v) is 6.54. The van der Waals surface area contributed by atoms with Gasteiger partial charge in [-0.1, -0.05) is 11.8 Å². The van der Waals surface area contributed by atoms with Crippen molar-refractivity contribution in [2.45, 2.75) is 30.8 Å². The fraction of sp³-hybridized carbons (Fsp3) is 0.545. The molecule has 0 aliphatic heterocycles. The number of methoxy groups -OCH3 is 1. The van der Waals surface area contributed by atoms with Gasteiger partial charge in [0.05, 0.1) is 18.6 Å². The SMILES string of the molecule is COC(=O)CSc1nc(N)c2c(n1)CCCC2. The van der Waals surface area contributed by atoms with E-state index in [0.717, 1.165) is 36.9 Å². The number of fused-ring (bicyclic) bond motifs is 1. The molecule has 0 atom stereocenters. The van der Waals surface area contributed by atoms with E-state index < -0.39 is 0 Å². The third-order valence-corrected chi connectivity index (χ3v) is 3.56. The summed E-state index contributed by atoms with van der Waals surface area (Å²) in [6, 6.07) is 0. The summed E-state index contributed by atoms with van der Waals surface area (Å²) in [6.45, 7) is 0. The standard InChI is InChI=1S/C11H15N3O2S/c1-16-9(15)6-17-11-13-8-5-3-2-4-7(8)10(12)14-11/h2-6H2,1H3,(H2,12,13,14). The summed E-state index contributed by atoms with van der Waals surface area (Å²) in [7, 11) is 1.37. The molecule has 2 N–H and O–H groups in total. The molecule has 92 valence electrons. The Labute approximate surface area is 104 Å². The minimum Gasteiger partial charge on any atom is -0.468 e. The lowest BCUT2D eigenvalue weighted by atomic mass is 9.97. The van der Waals surface area contributed by atoms with Crippen LogP contribution >= 0.6 is 11.8 Å². The zero-order valence-electron chi connectivity index (χ0n) is 9.73. The Kier molecular flexibility index (Phi) is 3.83. The number of hydrogen-bond donors (Lipinski definition) is 1. The number of hydrogen-bond acceptors (Lipinski definition) is 6. The zero-order valence-corrected chi connectivity index (χ0v) is 10.5. The fourth-order valence-electron chi connectivity index (χ4n) is 1.85. The van der Waals surface area contributed by atoms with Gasteiger partial charge in [0, 0.05) is 5.56 Å². The van der Waals surface area contributed by atoms with Crippen molar-refractivity contribution < 1.29 is 9.53 Å². The molecular weight excluding hydrogens is 238 g/mol. The van der Waals surface area contributed by atoms with E-state index in [1.807, 2.05) is 0 Å². The normalized spacial score (nSPS) is 14.2. The minimum atomic E-state index is -0.283. The van der Waals surface area contributed by atoms with Crippen LogP contribution in [-0.4, -0.2) is 28.8 Å². The average Bonchev–Trinajstić information content (AvgIpc) is 2.36. The first kappa shape index (κ1) is 12.2. The average molecular weight is 253 g/mol.